The molecule has 4 atom stereocenters. The van der Waals surface area contributed by atoms with Crippen molar-refractivity contribution in [3.8, 4) is 5.75 Å². The highest BCUT2D eigenvalue weighted by Crippen LogP contribution is 2.49. The second-order valence-electron chi connectivity index (χ2n) is 10.7. The third-order valence-corrected chi connectivity index (χ3v) is 8.97. The maximum Gasteiger partial charge on any atom is 0.130 e. The lowest BCUT2D eigenvalue weighted by Crippen LogP contribution is -2.31. The van der Waals surface area contributed by atoms with Gasteiger partial charge in [0.1, 0.15) is 11.6 Å². The monoisotopic (exact) mass is 414 g/mol. The molecule has 1 aromatic carbocycles. The van der Waals surface area contributed by atoms with Crippen LogP contribution in [0.2, 0.25) is 0 Å². The van der Waals surface area contributed by atoms with E-state index in [4.69, 9.17) is 4.74 Å². The SMILES string of the molecule is CCOc1ccc(C2CCC3CC(CCC4CCC(CC)CC4)CCC3C2)c(F)c1. The molecule has 0 bridgehead atoms. The van der Waals surface area contributed by atoms with Gasteiger partial charge in [-0.2, -0.15) is 0 Å². The predicted octanol–water partition coefficient (Wildman–Crippen LogP) is 8.52. The molecule has 2 heteroatoms. The molecule has 30 heavy (non-hydrogen) atoms. The first-order chi connectivity index (χ1) is 14.7. The van der Waals surface area contributed by atoms with Gasteiger partial charge >= 0.3 is 0 Å². The van der Waals surface area contributed by atoms with Crippen LogP contribution < -0.4 is 4.74 Å². The van der Waals surface area contributed by atoms with E-state index < -0.39 is 0 Å². The van der Waals surface area contributed by atoms with Crippen molar-refractivity contribution < 1.29 is 9.13 Å². The molecule has 1 aromatic rings. The smallest absolute Gasteiger partial charge is 0.130 e. The number of halogens is 1. The summed E-state index contributed by atoms with van der Waals surface area (Å²) in [5, 5.41) is 0. The van der Waals surface area contributed by atoms with E-state index in [9.17, 15) is 4.39 Å². The summed E-state index contributed by atoms with van der Waals surface area (Å²) in [6.07, 6.45) is 18.2. The highest BCUT2D eigenvalue weighted by molar-refractivity contribution is 5.31. The van der Waals surface area contributed by atoms with Gasteiger partial charge in [0, 0.05) is 6.07 Å². The number of rotatable bonds is 7. The Hall–Kier alpha value is -1.05. The van der Waals surface area contributed by atoms with Crippen molar-refractivity contribution in [2.45, 2.75) is 103 Å². The molecule has 3 aliphatic rings. The Labute approximate surface area is 184 Å². The van der Waals surface area contributed by atoms with Crippen LogP contribution in [-0.4, -0.2) is 6.61 Å². The van der Waals surface area contributed by atoms with Gasteiger partial charge in [0.2, 0.25) is 0 Å². The van der Waals surface area contributed by atoms with Crippen molar-refractivity contribution in [3.05, 3.63) is 29.6 Å². The minimum atomic E-state index is -0.0594. The summed E-state index contributed by atoms with van der Waals surface area (Å²) in [7, 11) is 0. The second kappa shape index (κ2) is 10.5. The molecular weight excluding hydrogens is 371 g/mol. The lowest BCUT2D eigenvalue weighted by Gasteiger charge is -2.43. The molecule has 0 saturated heterocycles. The molecule has 0 heterocycles. The van der Waals surface area contributed by atoms with Crippen LogP contribution in [0.5, 0.6) is 5.75 Å². The largest absolute Gasteiger partial charge is 0.494 e. The first-order valence-corrected chi connectivity index (χ1v) is 13.1. The first-order valence-electron chi connectivity index (χ1n) is 13.1. The van der Waals surface area contributed by atoms with Crippen LogP contribution in [0.15, 0.2) is 18.2 Å². The summed E-state index contributed by atoms with van der Waals surface area (Å²) in [5.41, 5.74) is 0.932. The summed E-state index contributed by atoms with van der Waals surface area (Å²) < 4.78 is 20.2. The molecule has 168 valence electrons. The number of benzene rings is 1. The van der Waals surface area contributed by atoms with E-state index in [2.05, 4.69) is 6.92 Å². The normalized spacial score (nSPS) is 34.4. The van der Waals surface area contributed by atoms with Gasteiger partial charge in [0.05, 0.1) is 6.61 Å². The van der Waals surface area contributed by atoms with Gasteiger partial charge in [-0.15, -0.1) is 0 Å². The Balaban J connectivity index is 1.24. The van der Waals surface area contributed by atoms with E-state index in [-0.39, 0.29) is 5.82 Å². The summed E-state index contributed by atoms with van der Waals surface area (Å²) in [5.74, 6) is 5.75. The first kappa shape index (κ1) is 22.2. The molecule has 3 saturated carbocycles. The zero-order valence-corrected chi connectivity index (χ0v) is 19.4. The van der Waals surface area contributed by atoms with Gasteiger partial charge in [0.25, 0.3) is 0 Å². The van der Waals surface area contributed by atoms with Crippen molar-refractivity contribution in [1.29, 1.82) is 0 Å². The van der Waals surface area contributed by atoms with Crippen LogP contribution in [0, 0.1) is 35.4 Å². The Kier molecular flexibility index (Phi) is 7.76. The van der Waals surface area contributed by atoms with E-state index in [0.717, 1.165) is 35.2 Å². The van der Waals surface area contributed by atoms with Crippen molar-refractivity contribution in [1.82, 2.24) is 0 Å². The molecular formula is C28H43FO. The Bertz CT molecular complexity index is 663. The Morgan fingerprint density at radius 3 is 2.20 bits per heavy atom. The second-order valence-corrected chi connectivity index (χ2v) is 10.7. The van der Waals surface area contributed by atoms with E-state index in [1.54, 1.807) is 6.07 Å². The fraction of sp³-hybridized carbons (Fsp3) is 0.786. The number of fused-ring (bicyclic) bond motifs is 1. The fourth-order valence-corrected chi connectivity index (χ4v) is 7.03. The third kappa shape index (κ3) is 5.40. The molecule has 4 unspecified atom stereocenters. The number of hydrogen-bond donors (Lipinski definition) is 0. The predicted molar refractivity (Wildman–Crippen MR) is 123 cm³/mol. The number of hydrogen-bond acceptors (Lipinski definition) is 1. The van der Waals surface area contributed by atoms with Crippen LogP contribution >= 0.6 is 0 Å². The summed E-state index contributed by atoms with van der Waals surface area (Å²) in [4.78, 5) is 0. The topological polar surface area (TPSA) is 9.23 Å². The van der Waals surface area contributed by atoms with E-state index >= 15 is 0 Å². The Morgan fingerprint density at radius 2 is 1.47 bits per heavy atom. The van der Waals surface area contributed by atoms with Gasteiger partial charge < -0.3 is 4.74 Å². The average molecular weight is 415 g/mol. The number of ether oxygens (including phenoxy) is 1. The van der Waals surface area contributed by atoms with Gasteiger partial charge in [-0.1, -0.05) is 64.4 Å². The molecule has 0 N–H and O–H groups in total. The van der Waals surface area contributed by atoms with E-state index in [1.807, 2.05) is 19.1 Å². The fourth-order valence-electron chi connectivity index (χ4n) is 7.03. The molecule has 4 rings (SSSR count). The standard InChI is InChI=1S/C28H43FO/c1-3-20-5-7-21(8-6-20)9-10-22-11-12-24-18-25(14-13-23(24)17-22)27-16-15-26(30-4-2)19-28(27)29/h15-16,19-25H,3-14,17-18H2,1-2H3. The minimum Gasteiger partial charge on any atom is -0.494 e. The lowest BCUT2D eigenvalue weighted by atomic mass is 9.63. The Morgan fingerprint density at radius 1 is 0.800 bits per heavy atom. The van der Waals surface area contributed by atoms with Gasteiger partial charge in [-0.05, 0) is 86.2 Å². The molecule has 0 radical (unpaired) electrons. The highest BCUT2D eigenvalue weighted by Gasteiger charge is 2.36. The lowest BCUT2D eigenvalue weighted by molar-refractivity contribution is 0.108. The van der Waals surface area contributed by atoms with Crippen molar-refractivity contribution >= 4 is 0 Å². The third-order valence-electron chi connectivity index (χ3n) is 8.97. The molecule has 3 fully saturated rings. The quantitative estimate of drug-likeness (QED) is 0.434. The molecule has 0 aromatic heterocycles. The van der Waals surface area contributed by atoms with E-state index in [1.165, 1.54) is 83.5 Å². The summed E-state index contributed by atoms with van der Waals surface area (Å²) >= 11 is 0. The van der Waals surface area contributed by atoms with Crippen molar-refractivity contribution in [2.75, 3.05) is 6.61 Å². The summed E-state index contributed by atoms with van der Waals surface area (Å²) in [6, 6.07) is 5.54. The van der Waals surface area contributed by atoms with Gasteiger partial charge in [-0.25, -0.2) is 4.39 Å². The molecule has 0 aliphatic heterocycles. The van der Waals surface area contributed by atoms with Gasteiger partial charge in [0.15, 0.2) is 0 Å². The van der Waals surface area contributed by atoms with Crippen LogP contribution in [0.4, 0.5) is 4.39 Å². The molecule has 0 spiro atoms. The van der Waals surface area contributed by atoms with E-state index in [0.29, 0.717) is 18.3 Å². The van der Waals surface area contributed by atoms with Crippen molar-refractivity contribution in [3.63, 3.8) is 0 Å². The zero-order valence-electron chi connectivity index (χ0n) is 19.4. The van der Waals surface area contributed by atoms with Crippen LogP contribution in [-0.2, 0) is 0 Å². The maximum absolute atomic E-state index is 14.7. The average Bonchev–Trinajstić information content (AvgIpc) is 2.78. The van der Waals surface area contributed by atoms with Crippen LogP contribution in [0.3, 0.4) is 0 Å². The maximum atomic E-state index is 14.7. The van der Waals surface area contributed by atoms with Crippen LogP contribution in [0.25, 0.3) is 0 Å². The van der Waals surface area contributed by atoms with Crippen molar-refractivity contribution in [2.24, 2.45) is 29.6 Å². The zero-order chi connectivity index (χ0) is 20.9. The molecule has 3 aliphatic carbocycles. The van der Waals surface area contributed by atoms with Gasteiger partial charge in [-0.3, -0.25) is 0 Å². The molecule has 0 amide bonds. The molecule has 1 nitrogen and oxygen atoms in total. The minimum absolute atomic E-state index is 0.0594. The highest BCUT2D eigenvalue weighted by atomic mass is 19.1. The van der Waals surface area contributed by atoms with Crippen LogP contribution in [0.1, 0.15) is 109 Å². The summed E-state index contributed by atoms with van der Waals surface area (Å²) in [6.45, 7) is 4.90.